The number of nitrogens with one attached hydrogen (secondary N) is 1. The minimum absolute atomic E-state index is 0.172. The second kappa shape index (κ2) is 5.86. The lowest BCUT2D eigenvalue weighted by atomic mass is 10.1. The van der Waals surface area contributed by atoms with Crippen molar-refractivity contribution < 1.29 is 19.1 Å². The molecule has 0 radical (unpaired) electrons. The zero-order chi connectivity index (χ0) is 13.0. The molecule has 6 heteroatoms. The molecule has 0 spiro atoms. The van der Waals surface area contributed by atoms with Gasteiger partial charge in [-0.25, -0.2) is 4.79 Å². The Hall–Kier alpha value is -1.56. The summed E-state index contributed by atoms with van der Waals surface area (Å²) in [4.78, 5) is 15.3. The molecule has 0 bridgehead atoms. The average Bonchev–Trinajstić information content (AvgIpc) is 2.95. The molecule has 0 aliphatic heterocycles. The Morgan fingerprint density at radius 1 is 1.67 bits per heavy atom. The van der Waals surface area contributed by atoms with Crippen LogP contribution in [0.25, 0.3) is 0 Å². The van der Waals surface area contributed by atoms with Crippen LogP contribution in [0.2, 0.25) is 0 Å². The van der Waals surface area contributed by atoms with Crippen LogP contribution in [0.5, 0.6) is 0 Å². The van der Waals surface area contributed by atoms with E-state index in [1.165, 1.54) is 6.26 Å². The number of anilines is 1. The van der Waals surface area contributed by atoms with Gasteiger partial charge in [0.25, 0.3) is 6.01 Å². The molecule has 2 rings (SSSR count). The lowest BCUT2D eigenvalue weighted by Gasteiger charge is -2.08. The Bertz CT molecular complexity index is 405. The molecule has 2 N–H and O–H groups in total. The summed E-state index contributed by atoms with van der Waals surface area (Å²) in [5, 5.41) is 12.4. The van der Waals surface area contributed by atoms with Crippen LogP contribution in [0.4, 0.5) is 6.01 Å². The van der Waals surface area contributed by atoms with E-state index in [1.54, 1.807) is 6.92 Å². The molecule has 18 heavy (non-hydrogen) atoms. The SMILES string of the molecule is CCOC(=O)c1coc(NCC2CCC(O)C2)n1. The van der Waals surface area contributed by atoms with Crippen LogP contribution in [0.1, 0.15) is 36.7 Å². The van der Waals surface area contributed by atoms with E-state index in [-0.39, 0.29) is 11.8 Å². The third-order valence-electron chi connectivity index (χ3n) is 3.04. The summed E-state index contributed by atoms with van der Waals surface area (Å²) in [6.07, 6.45) is 3.75. The number of esters is 1. The van der Waals surface area contributed by atoms with Crippen LogP contribution in [0.3, 0.4) is 0 Å². The number of oxazole rings is 1. The Balaban J connectivity index is 1.81. The first-order chi connectivity index (χ1) is 8.69. The first-order valence-electron chi connectivity index (χ1n) is 6.23. The number of hydrogen-bond acceptors (Lipinski definition) is 6. The van der Waals surface area contributed by atoms with Crippen molar-refractivity contribution in [3.63, 3.8) is 0 Å². The maximum Gasteiger partial charge on any atom is 0.360 e. The predicted octanol–water partition coefficient (Wildman–Crippen LogP) is 1.42. The Kier molecular flexibility index (Phi) is 4.19. The molecule has 1 aromatic rings. The number of nitrogens with zero attached hydrogens (tertiary/aromatic N) is 1. The monoisotopic (exact) mass is 254 g/mol. The van der Waals surface area contributed by atoms with E-state index in [0.29, 0.717) is 25.1 Å². The van der Waals surface area contributed by atoms with Crippen molar-refractivity contribution in [1.29, 1.82) is 0 Å². The smallest absolute Gasteiger partial charge is 0.360 e. The summed E-state index contributed by atoms with van der Waals surface area (Å²) in [7, 11) is 0. The van der Waals surface area contributed by atoms with Crippen LogP contribution in [-0.4, -0.2) is 35.3 Å². The number of aliphatic hydroxyl groups is 1. The summed E-state index contributed by atoms with van der Waals surface area (Å²) >= 11 is 0. The van der Waals surface area contributed by atoms with Crippen LogP contribution >= 0.6 is 0 Å². The highest BCUT2D eigenvalue weighted by molar-refractivity contribution is 5.87. The number of carbonyl (C=O) groups excluding carboxylic acids is 1. The molecular weight excluding hydrogens is 236 g/mol. The van der Waals surface area contributed by atoms with E-state index in [9.17, 15) is 9.90 Å². The van der Waals surface area contributed by atoms with Gasteiger partial charge in [0.15, 0.2) is 5.69 Å². The van der Waals surface area contributed by atoms with Crippen molar-refractivity contribution in [2.45, 2.75) is 32.3 Å². The van der Waals surface area contributed by atoms with E-state index >= 15 is 0 Å². The largest absolute Gasteiger partial charge is 0.461 e. The third-order valence-corrected chi connectivity index (χ3v) is 3.04. The molecule has 2 unspecified atom stereocenters. The topological polar surface area (TPSA) is 84.6 Å². The molecule has 1 aliphatic carbocycles. The quantitative estimate of drug-likeness (QED) is 0.773. The number of aromatic nitrogens is 1. The third kappa shape index (κ3) is 3.22. The van der Waals surface area contributed by atoms with Gasteiger partial charge >= 0.3 is 5.97 Å². The van der Waals surface area contributed by atoms with Crippen molar-refractivity contribution in [2.24, 2.45) is 5.92 Å². The van der Waals surface area contributed by atoms with Crippen LogP contribution in [0.15, 0.2) is 10.7 Å². The maximum absolute atomic E-state index is 11.4. The van der Waals surface area contributed by atoms with Crippen molar-refractivity contribution in [3.8, 4) is 0 Å². The summed E-state index contributed by atoms with van der Waals surface area (Å²) in [5.41, 5.74) is 0.172. The molecule has 6 nitrogen and oxygen atoms in total. The fourth-order valence-corrected chi connectivity index (χ4v) is 2.12. The molecule has 0 aromatic carbocycles. The molecule has 0 amide bonds. The highest BCUT2D eigenvalue weighted by Gasteiger charge is 2.23. The van der Waals surface area contributed by atoms with Crippen molar-refractivity contribution in [1.82, 2.24) is 4.98 Å². The van der Waals surface area contributed by atoms with Gasteiger partial charge in [0.1, 0.15) is 6.26 Å². The molecule has 1 heterocycles. The fraction of sp³-hybridized carbons (Fsp3) is 0.667. The molecule has 1 saturated carbocycles. The van der Waals surface area contributed by atoms with Crippen LogP contribution < -0.4 is 5.32 Å². The zero-order valence-corrected chi connectivity index (χ0v) is 10.4. The highest BCUT2D eigenvalue weighted by atomic mass is 16.5. The second-order valence-electron chi connectivity index (χ2n) is 4.47. The van der Waals surface area contributed by atoms with Gasteiger partial charge in [-0.3, -0.25) is 0 Å². The summed E-state index contributed by atoms with van der Waals surface area (Å²) in [6, 6.07) is 0.319. The van der Waals surface area contributed by atoms with E-state index in [2.05, 4.69) is 10.3 Å². The first-order valence-corrected chi connectivity index (χ1v) is 6.23. The first kappa shape index (κ1) is 12.9. The number of carbonyl (C=O) groups is 1. The standard InChI is InChI=1S/C12H18N2O4/c1-2-17-11(16)10-7-18-12(14-10)13-6-8-3-4-9(15)5-8/h7-9,15H,2-6H2,1H3,(H,13,14). The van der Waals surface area contributed by atoms with Crippen molar-refractivity contribution >= 4 is 12.0 Å². The number of hydrogen-bond donors (Lipinski definition) is 2. The number of aliphatic hydroxyl groups excluding tert-OH is 1. The zero-order valence-electron chi connectivity index (χ0n) is 10.4. The van der Waals surface area contributed by atoms with Gasteiger partial charge in [-0.05, 0) is 32.1 Å². The van der Waals surface area contributed by atoms with E-state index in [1.807, 2.05) is 0 Å². The lowest BCUT2D eigenvalue weighted by Crippen LogP contribution is -2.13. The molecule has 1 aromatic heterocycles. The molecular formula is C12H18N2O4. The molecule has 1 aliphatic rings. The van der Waals surface area contributed by atoms with E-state index in [4.69, 9.17) is 9.15 Å². The Morgan fingerprint density at radius 2 is 2.50 bits per heavy atom. The highest BCUT2D eigenvalue weighted by Crippen LogP contribution is 2.25. The number of ether oxygens (including phenoxy) is 1. The maximum atomic E-state index is 11.4. The summed E-state index contributed by atoms with van der Waals surface area (Å²) in [6.45, 7) is 2.75. The lowest BCUT2D eigenvalue weighted by molar-refractivity contribution is 0.0519. The second-order valence-corrected chi connectivity index (χ2v) is 4.47. The van der Waals surface area contributed by atoms with Crippen LogP contribution in [-0.2, 0) is 4.74 Å². The van der Waals surface area contributed by atoms with Gasteiger partial charge in [0, 0.05) is 6.54 Å². The number of rotatable bonds is 5. The fourth-order valence-electron chi connectivity index (χ4n) is 2.12. The van der Waals surface area contributed by atoms with Crippen molar-refractivity contribution in [2.75, 3.05) is 18.5 Å². The average molecular weight is 254 g/mol. The molecule has 100 valence electrons. The van der Waals surface area contributed by atoms with Gasteiger partial charge in [0.05, 0.1) is 12.7 Å². The van der Waals surface area contributed by atoms with Crippen molar-refractivity contribution in [3.05, 3.63) is 12.0 Å². The summed E-state index contributed by atoms with van der Waals surface area (Å²) < 4.78 is 9.94. The van der Waals surface area contributed by atoms with Gasteiger partial charge < -0.3 is 19.6 Å². The van der Waals surface area contributed by atoms with Gasteiger partial charge in [-0.2, -0.15) is 4.98 Å². The normalized spacial score (nSPS) is 23.0. The Morgan fingerprint density at radius 3 is 3.17 bits per heavy atom. The molecule has 1 fully saturated rings. The van der Waals surface area contributed by atoms with Gasteiger partial charge in [-0.1, -0.05) is 0 Å². The minimum Gasteiger partial charge on any atom is -0.461 e. The van der Waals surface area contributed by atoms with Gasteiger partial charge in [-0.15, -0.1) is 0 Å². The van der Waals surface area contributed by atoms with E-state index in [0.717, 1.165) is 19.3 Å². The molecule has 0 saturated heterocycles. The Labute approximate surface area is 105 Å². The minimum atomic E-state index is -0.481. The molecule has 2 atom stereocenters. The predicted molar refractivity (Wildman–Crippen MR) is 64.3 cm³/mol. The van der Waals surface area contributed by atoms with E-state index < -0.39 is 5.97 Å². The summed E-state index contributed by atoms with van der Waals surface area (Å²) in [5.74, 6) is -0.0523. The van der Waals surface area contributed by atoms with Crippen LogP contribution in [0, 0.1) is 5.92 Å². The van der Waals surface area contributed by atoms with Gasteiger partial charge in [0.2, 0.25) is 0 Å².